The second-order valence-corrected chi connectivity index (χ2v) is 8.28. The van der Waals surface area contributed by atoms with Gasteiger partial charge in [0.15, 0.2) is 0 Å². The van der Waals surface area contributed by atoms with Gasteiger partial charge in [0.2, 0.25) is 0 Å². The van der Waals surface area contributed by atoms with E-state index in [4.69, 9.17) is 11.6 Å². The Labute approximate surface area is 142 Å². The molecule has 4 aliphatic carbocycles. The van der Waals surface area contributed by atoms with Gasteiger partial charge in [-0.25, -0.2) is 5.43 Å². The van der Waals surface area contributed by atoms with E-state index in [0.29, 0.717) is 10.6 Å². The van der Waals surface area contributed by atoms with E-state index in [1.165, 1.54) is 38.5 Å². The fraction of sp³-hybridized carbons (Fsp3) is 0.579. The zero-order chi connectivity index (χ0) is 16.0. The molecule has 4 aliphatic rings. The van der Waals surface area contributed by atoms with Crippen LogP contribution in [0.3, 0.4) is 0 Å². The van der Waals surface area contributed by atoms with Gasteiger partial charge in [-0.15, -0.1) is 0 Å². The highest BCUT2D eigenvalue weighted by Crippen LogP contribution is 2.60. The highest BCUT2D eigenvalue weighted by atomic mass is 35.5. The van der Waals surface area contributed by atoms with Crippen molar-refractivity contribution in [1.82, 2.24) is 5.43 Å². The molecule has 3 nitrogen and oxygen atoms in total. The fourth-order valence-corrected chi connectivity index (χ4v) is 5.69. The van der Waals surface area contributed by atoms with Crippen molar-refractivity contribution in [2.45, 2.75) is 45.4 Å². The highest BCUT2D eigenvalue weighted by molar-refractivity contribution is 6.30. The summed E-state index contributed by atoms with van der Waals surface area (Å²) < 4.78 is 0. The standard InChI is InChI=1S/C19H23ClN2O/c1-12(21-22-18(23)16-3-2-4-17(20)8-16)19-9-13-5-14(10-19)7-15(6-13)11-19/h2-4,8,13-15H,5-7,9-11H2,1H3,(H,22,23)/b21-12-. The first kappa shape index (κ1) is 15.2. The normalized spacial score (nSPS) is 35.4. The number of carbonyl (C=O) groups is 1. The van der Waals surface area contributed by atoms with Gasteiger partial charge in [0.1, 0.15) is 0 Å². The van der Waals surface area contributed by atoms with Crippen molar-refractivity contribution in [3.63, 3.8) is 0 Å². The molecule has 5 rings (SSSR count). The van der Waals surface area contributed by atoms with Gasteiger partial charge in [0.25, 0.3) is 5.91 Å². The Hall–Kier alpha value is -1.35. The van der Waals surface area contributed by atoms with Crippen LogP contribution in [-0.4, -0.2) is 11.6 Å². The lowest BCUT2D eigenvalue weighted by molar-refractivity contribution is -0.0128. The molecule has 4 bridgehead atoms. The Balaban J connectivity index is 1.49. The topological polar surface area (TPSA) is 41.5 Å². The molecule has 23 heavy (non-hydrogen) atoms. The molecule has 0 radical (unpaired) electrons. The summed E-state index contributed by atoms with van der Waals surface area (Å²) in [6.45, 7) is 2.10. The SMILES string of the molecule is C/C(=N/NC(=O)c1cccc(Cl)c1)C12CC3CC(CC(C3)C1)C2. The number of amides is 1. The summed E-state index contributed by atoms with van der Waals surface area (Å²) in [5.74, 6) is 2.47. The van der Waals surface area contributed by atoms with Crippen LogP contribution in [0.2, 0.25) is 5.02 Å². The van der Waals surface area contributed by atoms with Crippen LogP contribution in [0.4, 0.5) is 0 Å². The number of rotatable bonds is 3. The fourth-order valence-electron chi connectivity index (χ4n) is 5.50. The van der Waals surface area contributed by atoms with Crippen LogP contribution >= 0.6 is 11.6 Å². The van der Waals surface area contributed by atoms with Crippen LogP contribution in [0.5, 0.6) is 0 Å². The number of nitrogens with one attached hydrogen (secondary N) is 1. The van der Waals surface area contributed by atoms with Crippen LogP contribution in [0.15, 0.2) is 29.4 Å². The van der Waals surface area contributed by atoms with Crippen molar-refractivity contribution >= 4 is 23.2 Å². The van der Waals surface area contributed by atoms with Crippen molar-refractivity contribution in [3.8, 4) is 0 Å². The molecule has 0 aliphatic heterocycles. The molecule has 0 spiro atoms. The zero-order valence-corrected chi connectivity index (χ0v) is 14.3. The Morgan fingerprint density at radius 3 is 2.35 bits per heavy atom. The van der Waals surface area contributed by atoms with Crippen LogP contribution in [0, 0.1) is 23.2 Å². The first-order valence-corrected chi connectivity index (χ1v) is 9.02. The summed E-state index contributed by atoms with van der Waals surface area (Å²) in [4.78, 5) is 12.3. The van der Waals surface area contributed by atoms with E-state index in [9.17, 15) is 4.79 Å². The van der Waals surface area contributed by atoms with Crippen LogP contribution < -0.4 is 5.43 Å². The quantitative estimate of drug-likeness (QED) is 0.635. The van der Waals surface area contributed by atoms with Crippen molar-refractivity contribution in [2.24, 2.45) is 28.3 Å². The molecule has 1 aromatic rings. The van der Waals surface area contributed by atoms with Crippen LogP contribution in [0.1, 0.15) is 55.8 Å². The number of hydrazone groups is 1. The lowest BCUT2D eigenvalue weighted by atomic mass is 9.48. The molecule has 4 fully saturated rings. The van der Waals surface area contributed by atoms with Gasteiger partial charge in [0, 0.05) is 21.7 Å². The van der Waals surface area contributed by atoms with E-state index in [-0.39, 0.29) is 11.3 Å². The van der Waals surface area contributed by atoms with Crippen LogP contribution in [-0.2, 0) is 0 Å². The largest absolute Gasteiger partial charge is 0.271 e. The molecule has 0 atom stereocenters. The second kappa shape index (κ2) is 5.62. The molecule has 0 saturated heterocycles. The number of halogens is 1. The molecule has 1 amide bonds. The van der Waals surface area contributed by atoms with Crippen LogP contribution in [0.25, 0.3) is 0 Å². The van der Waals surface area contributed by atoms with Gasteiger partial charge >= 0.3 is 0 Å². The summed E-state index contributed by atoms with van der Waals surface area (Å²) in [6.07, 6.45) is 8.05. The lowest BCUT2D eigenvalue weighted by Crippen LogP contribution is -2.49. The van der Waals surface area contributed by atoms with E-state index in [2.05, 4.69) is 17.5 Å². The summed E-state index contributed by atoms with van der Waals surface area (Å²) in [7, 11) is 0. The first-order chi connectivity index (χ1) is 11.0. The summed E-state index contributed by atoms with van der Waals surface area (Å²) in [5, 5.41) is 5.06. The number of hydrogen-bond acceptors (Lipinski definition) is 2. The second-order valence-electron chi connectivity index (χ2n) is 7.85. The third-order valence-corrected chi connectivity index (χ3v) is 6.45. The smallest absolute Gasteiger partial charge is 0.267 e. The van der Waals surface area contributed by atoms with Gasteiger partial charge in [0.05, 0.1) is 0 Å². The first-order valence-electron chi connectivity index (χ1n) is 8.65. The number of hydrogen-bond donors (Lipinski definition) is 1. The molecule has 0 aromatic heterocycles. The Morgan fingerprint density at radius 2 is 1.78 bits per heavy atom. The van der Waals surface area contributed by atoms with E-state index in [1.54, 1.807) is 24.3 Å². The maximum absolute atomic E-state index is 12.3. The minimum absolute atomic E-state index is 0.184. The lowest BCUT2D eigenvalue weighted by Gasteiger charge is -2.56. The van der Waals surface area contributed by atoms with Gasteiger partial charge in [-0.05, 0) is 81.4 Å². The Morgan fingerprint density at radius 1 is 1.17 bits per heavy atom. The summed E-state index contributed by atoms with van der Waals surface area (Å²) >= 11 is 5.95. The monoisotopic (exact) mass is 330 g/mol. The number of nitrogens with zero attached hydrogens (tertiary/aromatic N) is 1. The highest BCUT2D eigenvalue weighted by Gasteiger charge is 2.52. The minimum Gasteiger partial charge on any atom is -0.267 e. The molecule has 4 heteroatoms. The molecular weight excluding hydrogens is 308 g/mol. The van der Waals surface area contributed by atoms with E-state index in [1.807, 2.05) is 0 Å². The molecule has 0 heterocycles. The van der Waals surface area contributed by atoms with Gasteiger partial charge < -0.3 is 0 Å². The predicted molar refractivity (Wildman–Crippen MR) is 92.6 cm³/mol. The predicted octanol–water partition coefficient (Wildman–Crippen LogP) is 4.66. The average molecular weight is 331 g/mol. The Kier molecular flexibility index (Phi) is 3.72. The van der Waals surface area contributed by atoms with Gasteiger partial charge in [-0.2, -0.15) is 5.10 Å². The van der Waals surface area contributed by atoms with E-state index in [0.717, 1.165) is 23.5 Å². The zero-order valence-electron chi connectivity index (χ0n) is 13.5. The molecular formula is C19H23ClN2O. The maximum Gasteiger partial charge on any atom is 0.271 e. The number of benzene rings is 1. The van der Waals surface area contributed by atoms with Crippen molar-refractivity contribution in [1.29, 1.82) is 0 Å². The number of carbonyl (C=O) groups excluding carboxylic acids is 1. The van der Waals surface area contributed by atoms with Gasteiger partial charge in [-0.1, -0.05) is 17.7 Å². The molecule has 0 unspecified atom stereocenters. The molecule has 4 saturated carbocycles. The maximum atomic E-state index is 12.3. The van der Waals surface area contributed by atoms with Crippen molar-refractivity contribution in [3.05, 3.63) is 34.9 Å². The minimum atomic E-state index is -0.184. The average Bonchev–Trinajstić information content (AvgIpc) is 2.51. The molecule has 122 valence electrons. The van der Waals surface area contributed by atoms with Crippen molar-refractivity contribution < 1.29 is 4.79 Å². The molecule has 1 aromatic carbocycles. The Bertz CT molecular complexity index is 632. The molecule has 1 N–H and O–H groups in total. The van der Waals surface area contributed by atoms with Gasteiger partial charge in [-0.3, -0.25) is 4.79 Å². The third-order valence-electron chi connectivity index (χ3n) is 6.22. The summed E-state index contributed by atoms with van der Waals surface area (Å²) in [6, 6.07) is 6.98. The summed E-state index contributed by atoms with van der Waals surface area (Å²) in [5.41, 5.74) is 4.66. The third kappa shape index (κ3) is 2.80. The van der Waals surface area contributed by atoms with E-state index < -0.39 is 0 Å². The van der Waals surface area contributed by atoms with Crippen molar-refractivity contribution in [2.75, 3.05) is 0 Å². The van der Waals surface area contributed by atoms with E-state index >= 15 is 0 Å².